The number of hydrogen-bond acceptors (Lipinski definition) is 3. The van der Waals surface area contributed by atoms with Gasteiger partial charge in [0.25, 0.3) is 5.56 Å². The van der Waals surface area contributed by atoms with Crippen LogP contribution < -0.4 is 11.0 Å². The minimum atomic E-state index is -0.158. The average Bonchev–Trinajstić information content (AvgIpc) is 2.91. The van der Waals surface area contributed by atoms with Crippen LogP contribution >= 0.6 is 12.2 Å². The second-order valence-electron chi connectivity index (χ2n) is 5.19. The molecule has 0 aliphatic carbocycles. The molecule has 6 heteroatoms. The zero-order valence-corrected chi connectivity index (χ0v) is 13.9. The zero-order valence-electron chi connectivity index (χ0n) is 13.1. The van der Waals surface area contributed by atoms with Crippen LogP contribution in [0.15, 0.2) is 70.6 Å². The lowest BCUT2D eigenvalue weighted by Crippen LogP contribution is -2.19. The highest BCUT2D eigenvalue weighted by molar-refractivity contribution is 7.80. The van der Waals surface area contributed by atoms with E-state index in [9.17, 15) is 4.79 Å². The summed E-state index contributed by atoms with van der Waals surface area (Å²) in [4.78, 5) is 13.0. The number of H-pyrrole nitrogens is 1. The quantitative estimate of drug-likeness (QED) is 0.437. The monoisotopic (exact) mass is 336 g/mol. The molecule has 120 valence electrons. The number of rotatable bonds is 4. The first-order chi connectivity index (χ1) is 11.7. The van der Waals surface area contributed by atoms with E-state index in [-0.39, 0.29) is 5.56 Å². The summed E-state index contributed by atoms with van der Waals surface area (Å²) >= 11 is 5.27. The number of aryl methyl sites for hydroxylation is 1. The summed E-state index contributed by atoms with van der Waals surface area (Å²) in [7, 11) is 0. The van der Waals surface area contributed by atoms with Crippen LogP contribution in [0.4, 0.5) is 0 Å². The summed E-state index contributed by atoms with van der Waals surface area (Å²) in [5, 5.41) is 7.15. The van der Waals surface area contributed by atoms with Crippen molar-refractivity contribution >= 4 is 23.4 Å². The Morgan fingerprint density at radius 3 is 2.42 bits per heavy atom. The van der Waals surface area contributed by atoms with Crippen molar-refractivity contribution in [3.05, 3.63) is 87.8 Å². The molecule has 0 saturated heterocycles. The fourth-order valence-corrected chi connectivity index (χ4v) is 2.47. The summed E-state index contributed by atoms with van der Waals surface area (Å²) in [6.45, 7) is 1.83. The first kappa shape index (κ1) is 15.9. The number of nitrogens with one attached hydrogen (secondary N) is 2. The SMILES string of the molecule is Cc1[nH]n(-c2ccccc2)c(=O)c1C=NNC(=S)c1ccccc1. The van der Waals surface area contributed by atoms with Gasteiger partial charge in [-0.15, -0.1) is 0 Å². The highest BCUT2D eigenvalue weighted by Crippen LogP contribution is 2.05. The van der Waals surface area contributed by atoms with Crippen LogP contribution in [0, 0.1) is 6.92 Å². The molecule has 0 atom stereocenters. The summed E-state index contributed by atoms with van der Waals surface area (Å²) in [6, 6.07) is 18.9. The number of benzene rings is 2. The van der Waals surface area contributed by atoms with Gasteiger partial charge in [0.05, 0.1) is 17.5 Å². The van der Waals surface area contributed by atoms with Crippen LogP contribution in [0.3, 0.4) is 0 Å². The molecule has 0 fully saturated rings. The number of hydrazone groups is 1. The molecule has 2 N–H and O–H groups in total. The van der Waals surface area contributed by atoms with Gasteiger partial charge in [-0.1, -0.05) is 60.7 Å². The number of aromatic nitrogens is 2. The van der Waals surface area contributed by atoms with Gasteiger partial charge in [-0.2, -0.15) is 5.10 Å². The van der Waals surface area contributed by atoms with E-state index in [0.717, 1.165) is 16.9 Å². The Bertz CT molecular complexity index is 927. The highest BCUT2D eigenvalue weighted by Gasteiger charge is 2.10. The predicted octanol–water partition coefficient (Wildman–Crippen LogP) is 2.77. The lowest BCUT2D eigenvalue weighted by atomic mass is 10.2. The van der Waals surface area contributed by atoms with Crippen molar-refractivity contribution in [2.75, 3.05) is 0 Å². The summed E-state index contributed by atoms with van der Waals surface area (Å²) in [5.74, 6) is 0. The van der Waals surface area contributed by atoms with Crippen molar-refractivity contribution < 1.29 is 0 Å². The maximum Gasteiger partial charge on any atom is 0.280 e. The Balaban J connectivity index is 1.80. The van der Waals surface area contributed by atoms with Crippen molar-refractivity contribution in [2.45, 2.75) is 6.92 Å². The van der Waals surface area contributed by atoms with E-state index in [4.69, 9.17) is 12.2 Å². The largest absolute Gasteiger partial charge is 0.295 e. The van der Waals surface area contributed by atoms with Gasteiger partial charge in [-0.3, -0.25) is 15.3 Å². The molecule has 0 spiro atoms. The number of nitrogens with zero attached hydrogens (tertiary/aromatic N) is 2. The van der Waals surface area contributed by atoms with Crippen molar-refractivity contribution in [2.24, 2.45) is 5.10 Å². The maximum atomic E-state index is 12.5. The smallest absolute Gasteiger partial charge is 0.280 e. The van der Waals surface area contributed by atoms with E-state index in [1.807, 2.05) is 67.6 Å². The van der Waals surface area contributed by atoms with E-state index in [1.54, 1.807) is 0 Å². The van der Waals surface area contributed by atoms with Gasteiger partial charge < -0.3 is 0 Å². The molecule has 1 heterocycles. The van der Waals surface area contributed by atoms with Crippen LogP contribution in [-0.4, -0.2) is 21.0 Å². The third-order valence-corrected chi connectivity index (χ3v) is 3.85. The summed E-state index contributed by atoms with van der Waals surface area (Å²) in [5.41, 5.74) is 5.50. The molecule has 1 aromatic heterocycles. The molecular formula is C18H16N4OS. The fraction of sp³-hybridized carbons (Fsp3) is 0.0556. The molecule has 0 unspecified atom stereocenters. The molecular weight excluding hydrogens is 320 g/mol. The molecule has 24 heavy (non-hydrogen) atoms. The van der Waals surface area contributed by atoms with Crippen LogP contribution in [-0.2, 0) is 0 Å². The molecule has 0 amide bonds. The van der Waals surface area contributed by atoms with E-state index in [0.29, 0.717) is 10.6 Å². The van der Waals surface area contributed by atoms with Gasteiger partial charge in [-0.25, -0.2) is 4.68 Å². The number of hydrogen-bond donors (Lipinski definition) is 2. The van der Waals surface area contributed by atoms with Crippen LogP contribution in [0.2, 0.25) is 0 Å². The lowest BCUT2D eigenvalue weighted by molar-refractivity contribution is 0.835. The van der Waals surface area contributed by atoms with Gasteiger partial charge in [0, 0.05) is 11.3 Å². The van der Waals surface area contributed by atoms with Crippen molar-refractivity contribution in [3.63, 3.8) is 0 Å². The first-order valence-electron chi connectivity index (χ1n) is 7.42. The molecule has 0 radical (unpaired) electrons. The minimum Gasteiger partial charge on any atom is -0.295 e. The Hall–Kier alpha value is -2.99. The minimum absolute atomic E-state index is 0.158. The molecule has 0 bridgehead atoms. The van der Waals surface area contributed by atoms with Gasteiger partial charge in [0.2, 0.25) is 0 Å². The van der Waals surface area contributed by atoms with E-state index >= 15 is 0 Å². The number of aromatic amines is 1. The van der Waals surface area contributed by atoms with E-state index < -0.39 is 0 Å². The van der Waals surface area contributed by atoms with Gasteiger partial charge in [-0.05, 0) is 19.1 Å². The van der Waals surface area contributed by atoms with E-state index in [2.05, 4.69) is 15.6 Å². The maximum absolute atomic E-state index is 12.5. The van der Waals surface area contributed by atoms with Crippen molar-refractivity contribution in [1.29, 1.82) is 0 Å². The molecule has 3 rings (SSSR count). The topological polar surface area (TPSA) is 62.2 Å². The molecule has 0 saturated carbocycles. The highest BCUT2D eigenvalue weighted by atomic mass is 32.1. The van der Waals surface area contributed by atoms with Gasteiger partial charge >= 0.3 is 0 Å². The Labute approximate surface area is 144 Å². The first-order valence-corrected chi connectivity index (χ1v) is 7.83. The van der Waals surface area contributed by atoms with Crippen molar-refractivity contribution in [1.82, 2.24) is 15.2 Å². The summed E-state index contributed by atoms with van der Waals surface area (Å²) < 4.78 is 1.49. The molecule has 5 nitrogen and oxygen atoms in total. The Morgan fingerprint density at radius 1 is 1.12 bits per heavy atom. The zero-order chi connectivity index (χ0) is 16.9. The Kier molecular flexibility index (Phi) is 4.67. The standard InChI is InChI=1S/C18H16N4OS/c1-13-16(12-19-20-17(24)14-8-4-2-5-9-14)18(23)22(21-13)15-10-6-3-7-11-15/h2-12,21H,1H3,(H,20,24). The summed E-state index contributed by atoms with van der Waals surface area (Å²) in [6.07, 6.45) is 1.49. The third-order valence-electron chi connectivity index (χ3n) is 3.53. The second kappa shape index (κ2) is 7.06. The molecule has 2 aromatic carbocycles. The molecule has 0 aliphatic rings. The molecule has 3 aromatic rings. The van der Waals surface area contributed by atoms with Crippen molar-refractivity contribution in [3.8, 4) is 5.69 Å². The van der Waals surface area contributed by atoms with Gasteiger partial charge in [0.15, 0.2) is 0 Å². The number of para-hydroxylation sites is 1. The molecule has 0 aliphatic heterocycles. The average molecular weight is 336 g/mol. The van der Waals surface area contributed by atoms with E-state index in [1.165, 1.54) is 10.9 Å². The second-order valence-corrected chi connectivity index (χ2v) is 5.60. The Morgan fingerprint density at radius 2 is 1.75 bits per heavy atom. The van der Waals surface area contributed by atoms with Crippen LogP contribution in [0.1, 0.15) is 16.8 Å². The fourth-order valence-electron chi connectivity index (χ4n) is 2.28. The van der Waals surface area contributed by atoms with Gasteiger partial charge in [0.1, 0.15) is 4.99 Å². The normalized spacial score (nSPS) is 10.9. The predicted molar refractivity (Wildman–Crippen MR) is 100.0 cm³/mol. The van der Waals surface area contributed by atoms with Crippen LogP contribution in [0.5, 0.6) is 0 Å². The lowest BCUT2D eigenvalue weighted by Gasteiger charge is -2.01. The van der Waals surface area contributed by atoms with Crippen LogP contribution in [0.25, 0.3) is 5.69 Å². The third kappa shape index (κ3) is 3.33. The number of thiocarbonyl (C=S) groups is 1.